The zero-order valence-electron chi connectivity index (χ0n) is 11.3. The molecule has 0 unspecified atom stereocenters. The minimum atomic E-state index is -3.96. The van der Waals surface area contributed by atoms with Crippen LogP contribution >= 0.6 is 0 Å². The lowest BCUT2D eigenvalue weighted by Gasteiger charge is -2.31. The van der Waals surface area contributed by atoms with Crippen molar-refractivity contribution in [3.05, 3.63) is 29.8 Å². The Kier molecular flexibility index (Phi) is 4.72. The van der Waals surface area contributed by atoms with Crippen molar-refractivity contribution < 1.29 is 17.2 Å². The third-order valence-corrected chi connectivity index (χ3v) is 5.49. The lowest BCUT2D eigenvalue weighted by molar-refractivity contribution is 0.270. The number of nitrogens with zero attached hydrogens (tertiary/aromatic N) is 1. The van der Waals surface area contributed by atoms with E-state index in [0.29, 0.717) is 19.0 Å². The topological polar surface area (TPSA) is 49.4 Å². The van der Waals surface area contributed by atoms with Gasteiger partial charge in [-0.2, -0.15) is 4.31 Å². The van der Waals surface area contributed by atoms with E-state index in [2.05, 4.69) is 5.32 Å². The summed E-state index contributed by atoms with van der Waals surface area (Å²) in [6.45, 7) is 1.51. The molecule has 0 aliphatic carbocycles. The van der Waals surface area contributed by atoms with Crippen molar-refractivity contribution in [1.29, 1.82) is 0 Å². The molecule has 0 atom stereocenters. The molecule has 0 amide bonds. The van der Waals surface area contributed by atoms with Crippen molar-refractivity contribution in [1.82, 2.24) is 9.62 Å². The van der Waals surface area contributed by atoms with Crippen LogP contribution in [0.15, 0.2) is 23.1 Å². The molecule has 0 bridgehead atoms. The van der Waals surface area contributed by atoms with E-state index in [9.17, 15) is 17.2 Å². The number of rotatable bonds is 4. The van der Waals surface area contributed by atoms with Crippen molar-refractivity contribution in [2.45, 2.75) is 17.7 Å². The van der Waals surface area contributed by atoms with Crippen LogP contribution in [0.4, 0.5) is 8.78 Å². The molecule has 1 aliphatic heterocycles. The van der Waals surface area contributed by atoms with Crippen LogP contribution in [0.5, 0.6) is 0 Å². The highest BCUT2D eigenvalue weighted by Gasteiger charge is 2.31. The summed E-state index contributed by atoms with van der Waals surface area (Å²) >= 11 is 0. The van der Waals surface area contributed by atoms with Gasteiger partial charge in [-0.05, 0) is 50.6 Å². The quantitative estimate of drug-likeness (QED) is 0.919. The number of benzene rings is 1. The first-order valence-corrected chi connectivity index (χ1v) is 7.99. The summed E-state index contributed by atoms with van der Waals surface area (Å²) in [7, 11) is -2.10. The molecule has 0 aromatic heterocycles. The zero-order valence-corrected chi connectivity index (χ0v) is 12.1. The van der Waals surface area contributed by atoms with Gasteiger partial charge in [0.2, 0.25) is 10.0 Å². The Balaban J connectivity index is 2.18. The summed E-state index contributed by atoms with van der Waals surface area (Å²) in [5.74, 6) is -1.25. The summed E-state index contributed by atoms with van der Waals surface area (Å²) < 4.78 is 52.7. The molecule has 1 heterocycles. The van der Waals surface area contributed by atoms with Gasteiger partial charge in [0, 0.05) is 13.1 Å². The van der Waals surface area contributed by atoms with E-state index < -0.39 is 26.6 Å². The van der Waals surface area contributed by atoms with E-state index in [1.54, 1.807) is 0 Å². The summed E-state index contributed by atoms with van der Waals surface area (Å²) in [6.07, 6.45) is 1.44. The molecule has 0 radical (unpaired) electrons. The monoisotopic (exact) mass is 304 g/mol. The second kappa shape index (κ2) is 6.15. The Labute approximate surface area is 117 Å². The molecular weight excluding hydrogens is 286 g/mol. The Morgan fingerprint density at radius 2 is 1.95 bits per heavy atom. The number of nitrogens with one attached hydrogen (secondary N) is 1. The largest absolute Gasteiger partial charge is 0.319 e. The highest BCUT2D eigenvalue weighted by Crippen LogP contribution is 2.25. The third-order valence-electron chi connectivity index (χ3n) is 3.58. The lowest BCUT2D eigenvalue weighted by atomic mass is 9.98. The van der Waals surface area contributed by atoms with Crippen LogP contribution in [0, 0.1) is 17.6 Å². The molecule has 7 heteroatoms. The second-order valence-corrected chi connectivity index (χ2v) is 6.89. The van der Waals surface area contributed by atoms with E-state index >= 15 is 0 Å². The molecule has 1 fully saturated rings. The summed E-state index contributed by atoms with van der Waals surface area (Å²) in [4.78, 5) is -0.579. The molecule has 1 aliphatic rings. The van der Waals surface area contributed by atoms with Gasteiger partial charge in [0.25, 0.3) is 0 Å². The highest BCUT2D eigenvalue weighted by atomic mass is 32.2. The number of halogens is 2. The zero-order chi connectivity index (χ0) is 14.8. The lowest BCUT2D eigenvalue weighted by Crippen LogP contribution is -2.40. The van der Waals surface area contributed by atoms with Crippen molar-refractivity contribution in [2.24, 2.45) is 5.92 Å². The molecule has 0 saturated carbocycles. The predicted octanol–water partition coefficient (Wildman–Crippen LogP) is 1.58. The average molecular weight is 304 g/mol. The van der Waals surface area contributed by atoms with E-state index in [4.69, 9.17) is 0 Å². The molecule has 4 nitrogen and oxygen atoms in total. The number of piperidine rings is 1. The maximum Gasteiger partial charge on any atom is 0.246 e. The van der Waals surface area contributed by atoms with E-state index in [0.717, 1.165) is 37.6 Å². The van der Waals surface area contributed by atoms with Crippen molar-refractivity contribution in [2.75, 3.05) is 26.7 Å². The number of hydrogen-bond donors (Lipinski definition) is 1. The first-order chi connectivity index (χ1) is 9.45. The average Bonchev–Trinajstić information content (AvgIpc) is 2.42. The van der Waals surface area contributed by atoms with Gasteiger partial charge in [-0.25, -0.2) is 17.2 Å². The second-order valence-electron chi connectivity index (χ2n) is 4.98. The van der Waals surface area contributed by atoms with Crippen LogP contribution < -0.4 is 5.32 Å². The molecule has 112 valence electrons. The van der Waals surface area contributed by atoms with Gasteiger partial charge in [-0.3, -0.25) is 0 Å². The van der Waals surface area contributed by atoms with Gasteiger partial charge in [0.1, 0.15) is 16.5 Å². The minimum absolute atomic E-state index is 0.338. The molecule has 0 spiro atoms. The fourth-order valence-electron chi connectivity index (χ4n) is 2.46. The number of sulfonamides is 1. The fraction of sp³-hybridized carbons (Fsp3) is 0.538. The Morgan fingerprint density at radius 3 is 2.55 bits per heavy atom. The van der Waals surface area contributed by atoms with Crippen molar-refractivity contribution in [3.8, 4) is 0 Å². The molecule has 1 saturated heterocycles. The molecular formula is C13H18F2N2O2S. The third kappa shape index (κ3) is 3.16. The fourth-order valence-corrected chi connectivity index (χ4v) is 4.00. The van der Waals surface area contributed by atoms with Gasteiger partial charge in [0.15, 0.2) is 0 Å². The maximum atomic E-state index is 13.6. The van der Waals surface area contributed by atoms with E-state index in [1.165, 1.54) is 4.31 Å². The Morgan fingerprint density at radius 1 is 1.30 bits per heavy atom. The van der Waals surface area contributed by atoms with Crippen molar-refractivity contribution in [3.63, 3.8) is 0 Å². The van der Waals surface area contributed by atoms with E-state index in [1.807, 2.05) is 7.05 Å². The maximum absolute atomic E-state index is 13.6. The molecule has 1 aromatic rings. The van der Waals surface area contributed by atoms with Gasteiger partial charge >= 0.3 is 0 Å². The standard InChI is InChI=1S/C13H18F2N2O2S/c1-16-9-10-4-6-17(7-5-10)20(18,19)13-8-11(14)2-3-12(13)15/h2-3,8,10,16H,4-7,9H2,1H3. The van der Waals surface area contributed by atoms with Crippen LogP contribution in [0.2, 0.25) is 0 Å². The molecule has 1 aromatic carbocycles. The van der Waals surface area contributed by atoms with Gasteiger partial charge < -0.3 is 5.32 Å². The van der Waals surface area contributed by atoms with Gasteiger partial charge in [-0.15, -0.1) is 0 Å². The normalized spacial score (nSPS) is 18.4. The first-order valence-electron chi connectivity index (χ1n) is 6.55. The summed E-state index contributed by atoms with van der Waals surface area (Å²) in [5, 5.41) is 3.06. The van der Waals surface area contributed by atoms with Crippen LogP contribution in [-0.2, 0) is 10.0 Å². The van der Waals surface area contributed by atoms with Crippen LogP contribution in [-0.4, -0.2) is 39.4 Å². The predicted molar refractivity (Wildman–Crippen MR) is 71.8 cm³/mol. The first kappa shape index (κ1) is 15.3. The Bertz CT molecular complexity index is 570. The molecule has 2 rings (SSSR count). The SMILES string of the molecule is CNCC1CCN(S(=O)(=O)c2cc(F)ccc2F)CC1. The van der Waals surface area contributed by atoms with Crippen molar-refractivity contribution >= 4 is 10.0 Å². The minimum Gasteiger partial charge on any atom is -0.319 e. The molecule has 20 heavy (non-hydrogen) atoms. The Hall–Kier alpha value is -1.05. The number of hydrogen-bond acceptors (Lipinski definition) is 3. The molecule has 1 N–H and O–H groups in total. The highest BCUT2D eigenvalue weighted by molar-refractivity contribution is 7.89. The van der Waals surface area contributed by atoms with Crippen LogP contribution in [0.3, 0.4) is 0 Å². The van der Waals surface area contributed by atoms with E-state index in [-0.39, 0.29) is 0 Å². The summed E-state index contributed by atoms with van der Waals surface area (Å²) in [5.41, 5.74) is 0. The smallest absolute Gasteiger partial charge is 0.246 e. The van der Waals surface area contributed by atoms with Gasteiger partial charge in [0.05, 0.1) is 0 Å². The summed E-state index contributed by atoms with van der Waals surface area (Å²) in [6, 6.07) is 2.49. The van der Waals surface area contributed by atoms with Crippen LogP contribution in [0.1, 0.15) is 12.8 Å². The van der Waals surface area contributed by atoms with Gasteiger partial charge in [-0.1, -0.05) is 0 Å². The van der Waals surface area contributed by atoms with Crippen LogP contribution in [0.25, 0.3) is 0 Å².